The lowest BCUT2D eigenvalue weighted by Gasteiger charge is -2.31. The summed E-state index contributed by atoms with van der Waals surface area (Å²) < 4.78 is 16.0. The molecule has 0 aliphatic carbocycles. The smallest absolute Gasteiger partial charge is 0.273 e. The Morgan fingerprint density at radius 1 is 1.21 bits per heavy atom. The highest BCUT2D eigenvalue weighted by atomic mass is 16.5. The molecule has 7 nitrogen and oxygen atoms in total. The van der Waals surface area contributed by atoms with Crippen LogP contribution in [0.15, 0.2) is 57.7 Å². The molecule has 1 aliphatic heterocycles. The topological polar surface area (TPSA) is 80.7 Å². The number of morpholine rings is 1. The quantitative estimate of drug-likeness (QED) is 0.707. The van der Waals surface area contributed by atoms with Crippen LogP contribution in [0.1, 0.15) is 28.5 Å². The molecule has 1 saturated heterocycles. The van der Waals surface area contributed by atoms with Crippen LogP contribution in [0, 0.1) is 0 Å². The highest BCUT2D eigenvalue weighted by Crippen LogP contribution is 2.20. The van der Waals surface area contributed by atoms with Crippen LogP contribution in [-0.4, -0.2) is 41.8 Å². The van der Waals surface area contributed by atoms with Crippen molar-refractivity contribution in [2.75, 3.05) is 19.7 Å². The van der Waals surface area contributed by atoms with Crippen LogP contribution in [0.3, 0.4) is 0 Å². The minimum Gasteiger partial charge on any atom is -0.461 e. The largest absolute Gasteiger partial charge is 0.461 e. The van der Waals surface area contributed by atoms with Crippen LogP contribution in [0.5, 0.6) is 0 Å². The highest BCUT2D eigenvalue weighted by Gasteiger charge is 2.17. The van der Waals surface area contributed by atoms with Gasteiger partial charge in [0.1, 0.15) is 0 Å². The van der Waals surface area contributed by atoms with Gasteiger partial charge in [-0.2, -0.15) is 0 Å². The summed E-state index contributed by atoms with van der Waals surface area (Å²) in [7, 11) is 0. The molecule has 0 radical (unpaired) electrons. The molecule has 1 atom stereocenters. The molecule has 4 rings (SSSR count). The molecule has 1 unspecified atom stereocenters. The van der Waals surface area contributed by atoms with E-state index in [4.69, 9.17) is 13.7 Å². The minimum atomic E-state index is -0.283. The van der Waals surface area contributed by atoms with Gasteiger partial charge in [0.25, 0.3) is 5.91 Å². The van der Waals surface area contributed by atoms with Gasteiger partial charge in [-0.05, 0) is 30.2 Å². The third-order valence-corrected chi connectivity index (χ3v) is 4.68. The van der Waals surface area contributed by atoms with Gasteiger partial charge in [-0.15, -0.1) is 0 Å². The average Bonchev–Trinajstić information content (AvgIpc) is 3.38. The number of aromatic nitrogens is 1. The van der Waals surface area contributed by atoms with Crippen LogP contribution in [0.4, 0.5) is 0 Å². The molecule has 0 saturated carbocycles. The maximum atomic E-state index is 12.4. The maximum absolute atomic E-state index is 12.4. The van der Waals surface area contributed by atoms with Gasteiger partial charge >= 0.3 is 0 Å². The third-order valence-electron chi connectivity index (χ3n) is 4.68. The van der Waals surface area contributed by atoms with E-state index in [9.17, 15) is 4.79 Å². The van der Waals surface area contributed by atoms with E-state index in [1.165, 1.54) is 5.56 Å². The number of benzene rings is 1. The normalized spacial score (nSPS) is 17.5. The summed E-state index contributed by atoms with van der Waals surface area (Å²) in [6.07, 6.45) is 1.81. The van der Waals surface area contributed by atoms with Crippen LogP contribution < -0.4 is 5.32 Å². The number of furan rings is 1. The standard InChI is InChI=1S/C21H23N3O4/c1-15-13-24(7-9-26-15)14-17-5-2-4-16(10-17)12-22-21(25)18-11-20(28-23-18)19-6-3-8-27-19/h2-6,8,10-11,15H,7,9,12-14H2,1H3,(H,22,25). The Bertz CT molecular complexity index is 919. The lowest BCUT2D eigenvalue weighted by Crippen LogP contribution is -2.40. The first-order valence-corrected chi connectivity index (χ1v) is 9.38. The SMILES string of the molecule is CC1CN(Cc2cccc(CNC(=O)c3cc(-c4ccco4)on3)c2)CCO1. The Morgan fingerprint density at radius 2 is 2.11 bits per heavy atom. The molecule has 3 heterocycles. The van der Waals surface area contributed by atoms with E-state index >= 15 is 0 Å². The minimum absolute atomic E-state index is 0.227. The van der Waals surface area contributed by atoms with Gasteiger partial charge in [-0.3, -0.25) is 9.69 Å². The number of nitrogens with zero attached hydrogens (tertiary/aromatic N) is 2. The van der Waals surface area contributed by atoms with Gasteiger partial charge in [-0.1, -0.05) is 29.4 Å². The molecule has 0 spiro atoms. The second-order valence-electron chi connectivity index (χ2n) is 6.97. The first-order valence-electron chi connectivity index (χ1n) is 9.38. The Balaban J connectivity index is 1.34. The summed E-state index contributed by atoms with van der Waals surface area (Å²) in [5.41, 5.74) is 2.49. The van der Waals surface area contributed by atoms with Crippen molar-refractivity contribution in [3.63, 3.8) is 0 Å². The average molecular weight is 381 g/mol. The summed E-state index contributed by atoms with van der Waals surface area (Å²) in [5.74, 6) is 0.683. The number of nitrogens with one attached hydrogen (secondary N) is 1. The third kappa shape index (κ3) is 4.49. The summed E-state index contributed by atoms with van der Waals surface area (Å²) in [5, 5.41) is 6.71. The number of ether oxygens (including phenoxy) is 1. The van der Waals surface area contributed by atoms with Gasteiger partial charge in [0.2, 0.25) is 5.76 Å². The van der Waals surface area contributed by atoms with E-state index in [0.29, 0.717) is 18.1 Å². The van der Waals surface area contributed by atoms with Crippen LogP contribution in [0.25, 0.3) is 11.5 Å². The van der Waals surface area contributed by atoms with Gasteiger partial charge < -0.3 is 19.0 Å². The van der Waals surface area contributed by atoms with Crippen LogP contribution >= 0.6 is 0 Å². The maximum Gasteiger partial charge on any atom is 0.273 e. The molecular weight excluding hydrogens is 358 g/mol. The molecule has 0 bridgehead atoms. The first-order chi connectivity index (χ1) is 13.7. The van der Waals surface area contributed by atoms with Crippen molar-refractivity contribution in [1.82, 2.24) is 15.4 Å². The molecule has 3 aromatic rings. The molecule has 7 heteroatoms. The monoisotopic (exact) mass is 381 g/mol. The number of rotatable bonds is 6. The fourth-order valence-corrected chi connectivity index (χ4v) is 3.32. The zero-order valence-corrected chi connectivity index (χ0v) is 15.8. The summed E-state index contributed by atoms with van der Waals surface area (Å²) in [6, 6.07) is 13.3. The van der Waals surface area contributed by atoms with Crippen molar-refractivity contribution in [2.24, 2.45) is 0 Å². The molecular formula is C21H23N3O4. The van der Waals surface area contributed by atoms with E-state index in [1.807, 2.05) is 12.1 Å². The number of hydrogen-bond donors (Lipinski definition) is 1. The molecule has 2 aromatic heterocycles. The highest BCUT2D eigenvalue weighted by molar-refractivity contribution is 5.92. The van der Waals surface area contributed by atoms with E-state index in [0.717, 1.165) is 31.8 Å². The summed E-state index contributed by atoms with van der Waals surface area (Å²) >= 11 is 0. The second-order valence-corrected chi connectivity index (χ2v) is 6.97. The number of amides is 1. The van der Waals surface area contributed by atoms with E-state index in [-0.39, 0.29) is 17.7 Å². The molecule has 1 fully saturated rings. The lowest BCUT2D eigenvalue weighted by molar-refractivity contribution is -0.0212. The molecule has 1 aliphatic rings. The second kappa shape index (κ2) is 8.41. The Labute approximate surface area is 163 Å². The van der Waals surface area contributed by atoms with Gasteiger partial charge in [0.05, 0.1) is 19.0 Å². The zero-order chi connectivity index (χ0) is 19.3. The molecule has 146 valence electrons. The fraction of sp³-hybridized carbons (Fsp3) is 0.333. The molecule has 1 amide bonds. The van der Waals surface area contributed by atoms with E-state index < -0.39 is 0 Å². The predicted octanol–water partition coefficient (Wildman–Crippen LogP) is 3.09. The number of carbonyl (C=O) groups excluding carboxylic acids is 1. The van der Waals surface area contributed by atoms with Gasteiger partial charge in [0, 0.05) is 32.2 Å². The lowest BCUT2D eigenvalue weighted by atomic mass is 10.1. The van der Waals surface area contributed by atoms with Crippen LogP contribution in [-0.2, 0) is 17.8 Å². The molecule has 1 aromatic carbocycles. The summed E-state index contributed by atoms with van der Waals surface area (Å²) in [6.45, 7) is 6.05. The zero-order valence-electron chi connectivity index (χ0n) is 15.8. The van der Waals surface area contributed by atoms with Crippen molar-refractivity contribution in [1.29, 1.82) is 0 Å². The van der Waals surface area contributed by atoms with Crippen molar-refractivity contribution < 1.29 is 18.5 Å². The van der Waals surface area contributed by atoms with Gasteiger partial charge in [-0.25, -0.2) is 0 Å². The van der Waals surface area contributed by atoms with Crippen LogP contribution in [0.2, 0.25) is 0 Å². The van der Waals surface area contributed by atoms with Crippen molar-refractivity contribution in [3.8, 4) is 11.5 Å². The Hall–Kier alpha value is -2.90. The first kappa shape index (κ1) is 18.5. The van der Waals surface area contributed by atoms with Gasteiger partial charge in [0.15, 0.2) is 11.5 Å². The molecule has 28 heavy (non-hydrogen) atoms. The Kier molecular flexibility index (Phi) is 5.55. The fourth-order valence-electron chi connectivity index (χ4n) is 3.32. The number of hydrogen-bond acceptors (Lipinski definition) is 6. The van der Waals surface area contributed by atoms with Crippen molar-refractivity contribution in [3.05, 3.63) is 65.5 Å². The van der Waals surface area contributed by atoms with Crippen molar-refractivity contribution >= 4 is 5.91 Å². The number of carbonyl (C=O) groups is 1. The van der Waals surface area contributed by atoms with E-state index in [2.05, 4.69) is 34.4 Å². The molecule has 1 N–H and O–H groups in total. The van der Waals surface area contributed by atoms with E-state index in [1.54, 1.807) is 24.5 Å². The Morgan fingerprint density at radius 3 is 2.93 bits per heavy atom. The summed E-state index contributed by atoms with van der Waals surface area (Å²) in [4.78, 5) is 14.7. The predicted molar refractivity (Wildman–Crippen MR) is 103 cm³/mol. The van der Waals surface area contributed by atoms with Crippen molar-refractivity contribution in [2.45, 2.75) is 26.1 Å².